The summed E-state index contributed by atoms with van der Waals surface area (Å²) in [6.07, 6.45) is 3.55. The van der Waals surface area contributed by atoms with Crippen LogP contribution in [0.4, 0.5) is 0 Å². The lowest BCUT2D eigenvalue weighted by molar-refractivity contribution is 0.193. The molecule has 1 saturated carbocycles. The molecular formula is C11H20O3SSi. The SMILES string of the molecule is C[Si](C)(C)C#CCC(OS(C)(=O)=O)C1CC1. The second-order valence-electron chi connectivity index (χ2n) is 5.43. The van der Waals surface area contributed by atoms with Gasteiger partial charge in [0.05, 0.1) is 12.4 Å². The molecule has 0 aromatic heterocycles. The maximum atomic E-state index is 11.1. The fraction of sp³-hybridized carbons (Fsp3) is 0.818. The maximum Gasteiger partial charge on any atom is 0.264 e. The number of hydrogen-bond acceptors (Lipinski definition) is 3. The average molecular weight is 260 g/mol. The Hall–Kier alpha value is -0.313. The maximum absolute atomic E-state index is 11.1. The van der Waals surface area contributed by atoms with Gasteiger partial charge in [-0.1, -0.05) is 19.6 Å². The molecule has 0 bridgehead atoms. The van der Waals surface area contributed by atoms with Crippen LogP contribution < -0.4 is 0 Å². The van der Waals surface area contributed by atoms with Crippen LogP contribution in [0.25, 0.3) is 0 Å². The highest BCUT2D eigenvalue weighted by Crippen LogP contribution is 2.36. The quantitative estimate of drug-likeness (QED) is 0.441. The Kier molecular flexibility index (Phi) is 4.21. The lowest BCUT2D eigenvalue weighted by Crippen LogP contribution is -2.20. The zero-order valence-electron chi connectivity index (χ0n) is 10.4. The van der Waals surface area contributed by atoms with E-state index in [1.807, 2.05) is 0 Å². The summed E-state index contributed by atoms with van der Waals surface area (Å²) in [6.45, 7) is 6.51. The summed E-state index contributed by atoms with van der Waals surface area (Å²) in [5.41, 5.74) is 3.23. The lowest BCUT2D eigenvalue weighted by Gasteiger charge is -2.12. The Labute approximate surface area is 99.7 Å². The van der Waals surface area contributed by atoms with Gasteiger partial charge >= 0.3 is 0 Å². The first kappa shape index (κ1) is 13.8. The monoisotopic (exact) mass is 260 g/mol. The number of rotatable bonds is 4. The van der Waals surface area contributed by atoms with Crippen molar-refractivity contribution in [3.8, 4) is 11.5 Å². The van der Waals surface area contributed by atoms with Gasteiger partial charge < -0.3 is 0 Å². The van der Waals surface area contributed by atoms with E-state index in [0.717, 1.165) is 19.1 Å². The molecule has 5 heteroatoms. The molecule has 1 fully saturated rings. The van der Waals surface area contributed by atoms with Crippen molar-refractivity contribution in [2.24, 2.45) is 5.92 Å². The van der Waals surface area contributed by atoms with Gasteiger partial charge in [-0.15, -0.1) is 11.5 Å². The molecule has 0 heterocycles. The fourth-order valence-corrected chi connectivity index (χ4v) is 2.70. The molecule has 0 amide bonds. The van der Waals surface area contributed by atoms with Gasteiger partial charge in [0.2, 0.25) is 0 Å². The Bertz CT molecular complexity index is 393. The molecule has 92 valence electrons. The second kappa shape index (κ2) is 4.90. The minimum atomic E-state index is -3.35. The van der Waals surface area contributed by atoms with Gasteiger partial charge in [0.1, 0.15) is 8.07 Å². The first-order chi connectivity index (χ1) is 7.17. The van der Waals surface area contributed by atoms with Gasteiger partial charge in [-0.2, -0.15) is 8.42 Å². The number of hydrogen-bond donors (Lipinski definition) is 0. The summed E-state index contributed by atoms with van der Waals surface area (Å²) in [7, 11) is -4.71. The van der Waals surface area contributed by atoms with Crippen LogP contribution in [-0.2, 0) is 14.3 Å². The van der Waals surface area contributed by atoms with Gasteiger partial charge in [-0.05, 0) is 18.8 Å². The van der Waals surface area contributed by atoms with Crippen molar-refractivity contribution < 1.29 is 12.6 Å². The summed E-state index contributed by atoms with van der Waals surface area (Å²) in [4.78, 5) is 0. The summed E-state index contributed by atoms with van der Waals surface area (Å²) >= 11 is 0. The van der Waals surface area contributed by atoms with Crippen LogP contribution in [0, 0.1) is 17.4 Å². The standard InChI is InChI=1S/C11H20O3SSi/c1-15(12,13)14-11(10-7-8-10)6-5-9-16(2,3)4/h10-11H,6-8H2,1-4H3. The zero-order valence-corrected chi connectivity index (χ0v) is 12.2. The van der Waals surface area contributed by atoms with E-state index >= 15 is 0 Å². The minimum Gasteiger partial charge on any atom is -0.266 e. The van der Waals surface area contributed by atoms with Crippen molar-refractivity contribution in [2.75, 3.05) is 6.26 Å². The van der Waals surface area contributed by atoms with Gasteiger partial charge in [0.25, 0.3) is 10.1 Å². The van der Waals surface area contributed by atoms with Crippen LogP contribution in [0.5, 0.6) is 0 Å². The summed E-state index contributed by atoms with van der Waals surface area (Å²) in [5, 5.41) is 0. The smallest absolute Gasteiger partial charge is 0.264 e. The van der Waals surface area contributed by atoms with E-state index in [1.54, 1.807) is 0 Å². The first-order valence-corrected chi connectivity index (χ1v) is 10.9. The van der Waals surface area contributed by atoms with Crippen molar-refractivity contribution in [3.63, 3.8) is 0 Å². The topological polar surface area (TPSA) is 43.4 Å². The average Bonchev–Trinajstić information content (AvgIpc) is 2.78. The van der Waals surface area contributed by atoms with E-state index in [0.29, 0.717) is 12.3 Å². The van der Waals surface area contributed by atoms with Crippen LogP contribution in [-0.4, -0.2) is 28.9 Å². The first-order valence-electron chi connectivity index (χ1n) is 5.56. The predicted molar refractivity (Wildman–Crippen MR) is 68.2 cm³/mol. The third kappa shape index (κ3) is 6.31. The Balaban J connectivity index is 2.55. The molecule has 0 spiro atoms. The molecule has 1 unspecified atom stereocenters. The minimum absolute atomic E-state index is 0.223. The Morgan fingerprint density at radius 3 is 2.31 bits per heavy atom. The molecule has 0 aliphatic heterocycles. The largest absolute Gasteiger partial charge is 0.266 e. The van der Waals surface area contributed by atoms with E-state index in [2.05, 4.69) is 31.1 Å². The highest BCUT2D eigenvalue weighted by Gasteiger charge is 2.33. The second-order valence-corrected chi connectivity index (χ2v) is 11.8. The third-order valence-electron chi connectivity index (χ3n) is 2.21. The summed E-state index contributed by atoms with van der Waals surface area (Å²) in [5.74, 6) is 3.49. The van der Waals surface area contributed by atoms with Crippen LogP contribution >= 0.6 is 0 Å². The van der Waals surface area contributed by atoms with Crippen LogP contribution in [0.3, 0.4) is 0 Å². The highest BCUT2D eigenvalue weighted by atomic mass is 32.2. The molecule has 0 saturated heterocycles. The van der Waals surface area contributed by atoms with Crippen molar-refractivity contribution in [1.82, 2.24) is 0 Å². The van der Waals surface area contributed by atoms with Crippen molar-refractivity contribution in [3.05, 3.63) is 0 Å². The van der Waals surface area contributed by atoms with Gasteiger partial charge in [-0.3, -0.25) is 4.18 Å². The van der Waals surface area contributed by atoms with E-state index in [4.69, 9.17) is 4.18 Å². The van der Waals surface area contributed by atoms with Crippen LogP contribution in [0.2, 0.25) is 19.6 Å². The third-order valence-corrected chi connectivity index (χ3v) is 3.74. The molecule has 0 N–H and O–H groups in total. The zero-order chi connectivity index (χ0) is 12.4. The molecular weight excluding hydrogens is 240 g/mol. The molecule has 1 aliphatic rings. The predicted octanol–water partition coefficient (Wildman–Crippen LogP) is 2.01. The van der Waals surface area contributed by atoms with Crippen molar-refractivity contribution >= 4 is 18.2 Å². The van der Waals surface area contributed by atoms with Gasteiger partial charge in [-0.25, -0.2) is 0 Å². The molecule has 0 radical (unpaired) electrons. The van der Waals surface area contributed by atoms with E-state index in [9.17, 15) is 8.42 Å². The molecule has 1 rings (SSSR count). The van der Waals surface area contributed by atoms with E-state index in [-0.39, 0.29) is 6.10 Å². The van der Waals surface area contributed by atoms with Crippen LogP contribution in [0.15, 0.2) is 0 Å². The molecule has 1 aliphatic carbocycles. The van der Waals surface area contributed by atoms with E-state index in [1.165, 1.54) is 0 Å². The highest BCUT2D eigenvalue weighted by molar-refractivity contribution is 7.86. The molecule has 1 atom stereocenters. The van der Waals surface area contributed by atoms with Gasteiger partial charge in [0, 0.05) is 6.42 Å². The molecule has 0 aromatic carbocycles. The molecule has 0 aromatic rings. The Morgan fingerprint density at radius 2 is 1.94 bits per heavy atom. The summed E-state index contributed by atoms with van der Waals surface area (Å²) in [6, 6.07) is 0. The fourth-order valence-electron chi connectivity index (χ4n) is 1.39. The van der Waals surface area contributed by atoms with E-state index < -0.39 is 18.2 Å². The Morgan fingerprint density at radius 1 is 1.38 bits per heavy atom. The lowest BCUT2D eigenvalue weighted by atomic mass is 10.2. The molecule has 3 nitrogen and oxygen atoms in total. The van der Waals surface area contributed by atoms with Crippen LogP contribution in [0.1, 0.15) is 19.3 Å². The van der Waals surface area contributed by atoms with Gasteiger partial charge in [0.15, 0.2) is 0 Å². The van der Waals surface area contributed by atoms with Crippen molar-refractivity contribution in [1.29, 1.82) is 0 Å². The normalized spacial score (nSPS) is 18.8. The molecule has 16 heavy (non-hydrogen) atoms. The summed E-state index contributed by atoms with van der Waals surface area (Å²) < 4.78 is 27.2. The van der Waals surface area contributed by atoms with Crippen molar-refractivity contribution in [2.45, 2.75) is 45.0 Å².